The third-order valence-corrected chi connectivity index (χ3v) is 4.52. The van der Waals surface area contributed by atoms with E-state index in [9.17, 15) is 9.18 Å². The average molecular weight is 389 g/mol. The summed E-state index contributed by atoms with van der Waals surface area (Å²) in [5.74, 6) is 0.224. The van der Waals surface area contributed by atoms with Crippen molar-refractivity contribution in [3.05, 3.63) is 89.8 Å². The second kappa shape index (κ2) is 8.10. The summed E-state index contributed by atoms with van der Waals surface area (Å²) in [6.45, 7) is 2.22. The first-order valence-electron chi connectivity index (χ1n) is 9.25. The van der Waals surface area contributed by atoms with Gasteiger partial charge < -0.3 is 15.0 Å². The van der Waals surface area contributed by atoms with E-state index in [4.69, 9.17) is 0 Å². The number of imidazole rings is 1. The van der Waals surface area contributed by atoms with Crippen LogP contribution < -0.4 is 10.6 Å². The molecule has 3 aromatic heterocycles. The molecule has 0 aliphatic rings. The molecular formula is C22H20FN5O. The normalized spacial score (nSPS) is 10.8. The number of aryl methyl sites for hydroxylation is 1. The Hall–Kier alpha value is -3.74. The molecule has 0 saturated heterocycles. The molecule has 0 spiro atoms. The Morgan fingerprint density at radius 3 is 2.79 bits per heavy atom. The largest absolute Gasteiger partial charge is 0.366 e. The number of carbonyl (C=O) groups is 1. The standard InChI is InChI=1S/C22H20FN5O/c1-15-10-17(13-25-22(15)24-12-16-6-2-3-7-19(16)23)27-21(29)11-18-14-28-9-5-4-8-20(28)26-18/h2-10,13-14H,11-12H2,1H3,(H,24,25)(H,27,29). The zero-order valence-corrected chi connectivity index (χ0v) is 15.9. The number of pyridine rings is 2. The Morgan fingerprint density at radius 1 is 1.17 bits per heavy atom. The van der Waals surface area contributed by atoms with Gasteiger partial charge in [-0.2, -0.15) is 0 Å². The first-order valence-corrected chi connectivity index (χ1v) is 9.25. The van der Waals surface area contributed by atoms with Crippen LogP contribution in [0.3, 0.4) is 0 Å². The fraction of sp³-hybridized carbons (Fsp3) is 0.136. The van der Waals surface area contributed by atoms with Crippen LogP contribution >= 0.6 is 0 Å². The maximum Gasteiger partial charge on any atom is 0.230 e. The lowest BCUT2D eigenvalue weighted by molar-refractivity contribution is -0.115. The predicted molar refractivity (Wildman–Crippen MR) is 110 cm³/mol. The maximum absolute atomic E-state index is 13.7. The van der Waals surface area contributed by atoms with Gasteiger partial charge >= 0.3 is 0 Å². The Bertz CT molecular complexity index is 1140. The van der Waals surface area contributed by atoms with Gasteiger partial charge in [0.1, 0.15) is 17.3 Å². The molecule has 0 radical (unpaired) electrons. The van der Waals surface area contributed by atoms with Crippen molar-refractivity contribution in [1.82, 2.24) is 14.4 Å². The number of hydrogen-bond donors (Lipinski definition) is 2. The third kappa shape index (κ3) is 4.40. The van der Waals surface area contributed by atoms with E-state index in [0.717, 1.165) is 11.2 Å². The van der Waals surface area contributed by atoms with E-state index in [0.29, 0.717) is 29.3 Å². The number of anilines is 2. The van der Waals surface area contributed by atoms with Gasteiger partial charge in [0, 0.05) is 24.5 Å². The number of amides is 1. The van der Waals surface area contributed by atoms with E-state index >= 15 is 0 Å². The minimum atomic E-state index is -0.256. The van der Waals surface area contributed by atoms with E-state index in [1.807, 2.05) is 48.0 Å². The van der Waals surface area contributed by atoms with Crippen LogP contribution in [0.25, 0.3) is 5.65 Å². The number of aromatic nitrogens is 3. The topological polar surface area (TPSA) is 71.3 Å². The highest BCUT2D eigenvalue weighted by Gasteiger charge is 2.10. The van der Waals surface area contributed by atoms with Gasteiger partial charge in [-0.1, -0.05) is 24.3 Å². The maximum atomic E-state index is 13.7. The Morgan fingerprint density at radius 2 is 2.00 bits per heavy atom. The van der Waals surface area contributed by atoms with Crippen LogP contribution in [-0.4, -0.2) is 20.3 Å². The van der Waals surface area contributed by atoms with Crippen LogP contribution in [0.5, 0.6) is 0 Å². The van der Waals surface area contributed by atoms with Crippen LogP contribution in [0.1, 0.15) is 16.8 Å². The first kappa shape index (κ1) is 18.6. The summed E-state index contributed by atoms with van der Waals surface area (Å²) < 4.78 is 15.6. The molecule has 0 aliphatic heterocycles. The molecule has 2 N–H and O–H groups in total. The minimum absolute atomic E-state index is 0.165. The quantitative estimate of drug-likeness (QED) is 0.523. The molecule has 0 unspecified atom stereocenters. The molecule has 29 heavy (non-hydrogen) atoms. The molecule has 0 atom stereocenters. The molecule has 1 aromatic carbocycles. The summed E-state index contributed by atoms with van der Waals surface area (Å²) >= 11 is 0. The van der Waals surface area contributed by atoms with Crippen molar-refractivity contribution in [1.29, 1.82) is 0 Å². The molecule has 3 heterocycles. The average Bonchev–Trinajstić information content (AvgIpc) is 3.10. The van der Waals surface area contributed by atoms with E-state index in [1.165, 1.54) is 6.07 Å². The Labute approximate surface area is 167 Å². The van der Waals surface area contributed by atoms with Gasteiger partial charge in [-0.25, -0.2) is 14.4 Å². The summed E-state index contributed by atoms with van der Waals surface area (Å²) in [4.78, 5) is 21.1. The van der Waals surface area contributed by atoms with Crippen LogP contribution in [0.4, 0.5) is 15.9 Å². The molecule has 4 aromatic rings. The van der Waals surface area contributed by atoms with Crippen LogP contribution in [0.2, 0.25) is 0 Å². The van der Waals surface area contributed by atoms with Crippen molar-refractivity contribution in [3.63, 3.8) is 0 Å². The second-order valence-corrected chi connectivity index (χ2v) is 6.76. The third-order valence-electron chi connectivity index (χ3n) is 4.52. The summed E-state index contributed by atoms with van der Waals surface area (Å²) in [6.07, 6.45) is 5.49. The number of nitrogens with one attached hydrogen (secondary N) is 2. The monoisotopic (exact) mass is 389 g/mol. The fourth-order valence-corrected chi connectivity index (χ4v) is 3.09. The number of hydrogen-bond acceptors (Lipinski definition) is 4. The second-order valence-electron chi connectivity index (χ2n) is 6.76. The number of carbonyl (C=O) groups excluding carboxylic acids is 1. The zero-order chi connectivity index (χ0) is 20.2. The number of halogens is 1. The van der Waals surface area contributed by atoms with Gasteiger partial charge in [0.2, 0.25) is 5.91 Å². The number of benzene rings is 1. The molecule has 0 fully saturated rings. The van der Waals surface area contributed by atoms with E-state index < -0.39 is 0 Å². The predicted octanol–water partition coefficient (Wildman–Crippen LogP) is 3.97. The molecule has 146 valence electrons. The minimum Gasteiger partial charge on any atom is -0.366 e. The van der Waals surface area contributed by atoms with Crippen molar-refractivity contribution < 1.29 is 9.18 Å². The number of fused-ring (bicyclic) bond motifs is 1. The zero-order valence-electron chi connectivity index (χ0n) is 15.9. The summed E-state index contributed by atoms with van der Waals surface area (Å²) in [5, 5.41) is 5.98. The summed E-state index contributed by atoms with van der Waals surface area (Å²) in [6, 6.07) is 14.1. The SMILES string of the molecule is Cc1cc(NC(=O)Cc2cn3ccccc3n2)cnc1NCc1ccccc1F. The molecule has 1 amide bonds. The smallest absolute Gasteiger partial charge is 0.230 e. The molecule has 0 aliphatic carbocycles. The lowest BCUT2D eigenvalue weighted by atomic mass is 10.2. The summed E-state index contributed by atoms with van der Waals surface area (Å²) in [5.41, 5.74) is 3.53. The number of rotatable bonds is 6. The van der Waals surface area contributed by atoms with Gasteiger partial charge in [0.25, 0.3) is 0 Å². The van der Waals surface area contributed by atoms with Crippen molar-refractivity contribution in [2.24, 2.45) is 0 Å². The highest BCUT2D eigenvalue weighted by Crippen LogP contribution is 2.18. The van der Waals surface area contributed by atoms with Gasteiger partial charge in [-0.05, 0) is 36.8 Å². The molecule has 0 saturated carbocycles. The van der Waals surface area contributed by atoms with Gasteiger partial charge in [0.15, 0.2) is 0 Å². The van der Waals surface area contributed by atoms with Gasteiger partial charge in [-0.3, -0.25) is 4.79 Å². The summed E-state index contributed by atoms with van der Waals surface area (Å²) in [7, 11) is 0. The fourth-order valence-electron chi connectivity index (χ4n) is 3.09. The van der Waals surface area contributed by atoms with Crippen molar-refractivity contribution in [2.45, 2.75) is 19.9 Å². The highest BCUT2D eigenvalue weighted by atomic mass is 19.1. The van der Waals surface area contributed by atoms with Crippen molar-refractivity contribution in [2.75, 3.05) is 10.6 Å². The van der Waals surface area contributed by atoms with Crippen molar-refractivity contribution >= 4 is 23.1 Å². The van der Waals surface area contributed by atoms with E-state index in [-0.39, 0.29) is 18.1 Å². The van der Waals surface area contributed by atoms with Gasteiger partial charge in [-0.15, -0.1) is 0 Å². The lowest BCUT2D eigenvalue weighted by Gasteiger charge is -2.11. The molecular weight excluding hydrogens is 369 g/mol. The molecule has 0 bridgehead atoms. The molecule has 4 rings (SSSR count). The van der Waals surface area contributed by atoms with Crippen LogP contribution in [0, 0.1) is 12.7 Å². The highest BCUT2D eigenvalue weighted by molar-refractivity contribution is 5.92. The Balaban J connectivity index is 1.38. The van der Waals surface area contributed by atoms with Crippen LogP contribution in [0.15, 0.2) is 67.1 Å². The molecule has 6 nitrogen and oxygen atoms in total. The first-order chi connectivity index (χ1) is 14.1. The van der Waals surface area contributed by atoms with Crippen molar-refractivity contribution in [3.8, 4) is 0 Å². The van der Waals surface area contributed by atoms with E-state index in [1.54, 1.807) is 24.4 Å². The lowest BCUT2D eigenvalue weighted by Crippen LogP contribution is -2.15. The number of nitrogens with zero attached hydrogens (tertiary/aromatic N) is 3. The Kier molecular flexibility index (Phi) is 5.20. The van der Waals surface area contributed by atoms with Gasteiger partial charge in [0.05, 0.1) is 24.0 Å². The van der Waals surface area contributed by atoms with Crippen LogP contribution in [-0.2, 0) is 17.8 Å². The van der Waals surface area contributed by atoms with E-state index in [2.05, 4.69) is 20.6 Å². The molecule has 7 heteroatoms.